The number of aromatic amines is 1. The Morgan fingerprint density at radius 3 is 2.87 bits per heavy atom. The van der Waals surface area contributed by atoms with Gasteiger partial charge in [-0.15, -0.1) is 0 Å². The van der Waals surface area contributed by atoms with Crippen molar-refractivity contribution in [1.29, 1.82) is 0 Å². The van der Waals surface area contributed by atoms with Gasteiger partial charge in [0.1, 0.15) is 5.45 Å². The highest BCUT2D eigenvalue weighted by atomic mass is 35.5. The maximum absolute atomic E-state index is 12.2. The lowest BCUT2D eigenvalue weighted by Gasteiger charge is -2.06. The van der Waals surface area contributed by atoms with Crippen molar-refractivity contribution in [2.24, 2.45) is 0 Å². The van der Waals surface area contributed by atoms with Crippen LogP contribution in [0.25, 0.3) is 22.3 Å². The van der Waals surface area contributed by atoms with Gasteiger partial charge < -0.3 is 5.32 Å². The summed E-state index contributed by atoms with van der Waals surface area (Å²) in [5.41, 5.74) is 0.667. The molecule has 0 unspecified atom stereocenters. The van der Waals surface area contributed by atoms with Gasteiger partial charge in [-0.25, -0.2) is 8.42 Å². The average molecular weight is 472 g/mol. The molecule has 0 aliphatic heterocycles. The molecule has 14 heteroatoms. The van der Waals surface area contributed by atoms with Crippen LogP contribution in [0, 0.1) is 0 Å². The molecule has 156 valence electrons. The summed E-state index contributed by atoms with van der Waals surface area (Å²) in [5, 5.41) is 11.6. The van der Waals surface area contributed by atoms with E-state index in [9.17, 15) is 17.4 Å². The standard InChI is InChI=1S/C16H12ClF2N7O2S2/c17-14-11-7-20-23-12(11)4-5-13(14)21-16-22-15(24-29-16)10-3-1-2-9(6-10)8-30(27,28)25-26(18)19/h1-7,25H,8H2,(H,20,23)(H,21,22,24). The van der Waals surface area contributed by atoms with Crippen LogP contribution in [0.4, 0.5) is 19.8 Å². The second-order valence-electron chi connectivity index (χ2n) is 6.09. The number of hydrogen-bond acceptors (Lipinski definition) is 8. The smallest absolute Gasteiger partial charge is 0.232 e. The Morgan fingerprint density at radius 2 is 2.07 bits per heavy atom. The number of hydrogen-bond donors (Lipinski definition) is 3. The minimum atomic E-state index is -4.23. The maximum Gasteiger partial charge on any atom is 0.232 e. The van der Waals surface area contributed by atoms with Gasteiger partial charge in [0.2, 0.25) is 15.2 Å². The minimum absolute atomic E-state index is 0.305. The van der Waals surface area contributed by atoms with E-state index in [2.05, 4.69) is 24.9 Å². The highest BCUT2D eigenvalue weighted by molar-refractivity contribution is 7.88. The molecule has 2 aromatic heterocycles. The molecular weight excluding hydrogens is 460 g/mol. The summed E-state index contributed by atoms with van der Waals surface area (Å²) in [7, 11) is -4.23. The van der Waals surface area contributed by atoms with Crippen LogP contribution in [0.15, 0.2) is 42.6 Å². The molecular formula is C16H12ClF2N7O2S2. The molecule has 0 radical (unpaired) electrons. The van der Waals surface area contributed by atoms with E-state index in [1.165, 1.54) is 12.1 Å². The lowest BCUT2D eigenvalue weighted by molar-refractivity contribution is -0.175. The fraction of sp³-hybridized carbons (Fsp3) is 0.0625. The van der Waals surface area contributed by atoms with Crippen LogP contribution in [-0.2, 0) is 15.8 Å². The molecule has 0 saturated carbocycles. The van der Waals surface area contributed by atoms with Crippen LogP contribution < -0.4 is 10.1 Å². The molecule has 2 aromatic carbocycles. The van der Waals surface area contributed by atoms with E-state index in [0.717, 1.165) is 27.3 Å². The number of nitrogens with zero attached hydrogens (tertiary/aromatic N) is 4. The number of nitrogens with one attached hydrogen (secondary N) is 3. The Balaban J connectivity index is 1.54. The van der Waals surface area contributed by atoms with E-state index in [1.807, 2.05) is 6.07 Å². The van der Waals surface area contributed by atoms with Gasteiger partial charge in [0.15, 0.2) is 5.82 Å². The fourth-order valence-corrected chi connectivity index (χ4v) is 4.50. The third-order valence-electron chi connectivity index (χ3n) is 3.98. The predicted octanol–water partition coefficient (Wildman–Crippen LogP) is 3.88. The molecule has 2 heterocycles. The van der Waals surface area contributed by atoms with Crippen molar-refractivity contribution >= 4 is 54.9 Å². The van der Waals surface area contributed by atoms with Crippen LogP contribution in [0.2, 0.25) is 5.02 Å². The Bertz CT molecular complexity index is 1310. The second-order valence-corrected chi connectivity index (χ2v) is 8.92. The summed E-state index contributed by atoms with van der Waals surface area (Å²) >= 11 is 7.48. The van der Waals surface area contributed by atoms with Crippen LogP contribution in [0.3, 0.4) is 0 Å². The van der Waals surface area contributed by atoms with Gasteiger partial charge in [-0.2, -0.15) is 14.5 Å². The summed E-state index contributed by atoms with van der Waals surface area (Å²) in [6.07, 6.45) is 1.62. The van der Waals surface area contributed by atoms with Crippen LogP contribution in [-0.4, -0.2) is 33.4 Å². The maximum atomic E-state index is 12.2. The molecule has 0 amide bonds. The van der Waals surface area contributed by atoms with E-state index in [1.54, 1.807) is 24.4 Å². The van der Waals surface area contributed by atoms with Gasteiger partial charge in [0, 0.05) is 22.5 Å². The molecule has 3 N–H and O–H groups in total. The zero-order chi connectivity index (χ0) is 21.3. The molecule has 0 aliphatic carbocycles. The van der Waals surface area contributed by atoms with Crippen LogP contribution in [0.1, 0.15) is 5.56 Å². The highest BCUT2D eigenvalue weighted by Gasteiger charge is 2.17. The largest absolute Gasteiger partial charge is 0.329 e. The molecule has 4 aromatic rings. The number of H-pyrrole nitrogens is 1. The fourth-order valence-electron chi connectivity index (χ4n) is 2.74. The average Bonchev–Trinajstić information content (AvgIpc) is 3.32. The third-order valence-corrected chi connectivity index (χ3v) is 6.14. The van der Waals surface area contributed by atoms with Crippen molar-refractivity contribution in [2.75, 3.05) is 5.32 Å². The zero-order valence-corrected chi connectivity index (χ0v) is 17.2. The van der Waals surface area contributed by atoms with Crippen LogP contribution in [0.5, 0.6) is 0 Å². The van der Waals surface area contributed by atoms with Gasteiger partial charge >= 0.3 is 0 Å². The molecule has 0 saturated heterocycles. The topological polar surface area (TPSA) is 116 Å². The predicted molar refractivity (Wildman–Crippen MR) is 110 cm³/mol. The SMILES string of the molecule is O=S(=O)(Cc1cccc(-c2nsc(Nc3ccc4[nH]ncc4c3Cl)n2)c1)NN(F)F. The quantitative estimate of drug-likeness (QED) is 0.276. The molecule has 4 rings (SSSR count). The first-order chi connectivity index (χ1) is 14.3. The normalized spacial score (nSPS) is 12.0. The van der Waals surface area contributed by atoms with E-state index < -0.39 is 21.2 Å². The van der Waals surface area contributed by atoms with Crippen molar-refractivity contribution in [3.05, 3.63) is 53.2 Å². The molecule has 0 spiro atoms. The Morgan fingerprint density at radius 1 is 1.23 bits per heavy atom. The third kappa shape index (κ3) is 4.55. The van der Waals surface area contributed by atoms with E-state index in [4.69, 9.17) is 11.6 Å². The number of halogens is 3. The Kier molecular flexibility index (Phi) is 5.62. The van der Waals surface area contributed by atoms with Gasteiger partial charge in [0.05, 0.1) is 28.2 Å². The van der Waals surface area contributed by atoms with Crippen molar-refractivity contribution in [3.63, 3.8) is 0 Å². The number of benzene rings is 2. The van der Waals surface area contributed by atoms with E-state index in [-0.39, 0.29) is 0 Å². The zero-order valence-electron chi connectivity index (χ0n) is 14.8. The Hall–Kier alpha value is -2.71. The lowest BCUT2D eigenvalue weighted by atomic mass is 10.1. The summed E-state index contributed by atoms with van der Waals surface area (Å²) in [6.45, 7) is 0. The van der Waals surface area contributed by atoms with Crippen molar-refractivity contribution in [2.45, 2.75) is 5.75 Å². The first-order valence-corrected chi connectivity index (χ1v) is 11.0. The van der Waals surface area contributed by atoms with Gasteiger partial charge in [0.25, 0.3) is 0 Å². The number of aromatic nitrogens is 4. The van der Waals surface area contributed by atoms with Gasteiger partial charge in [-0.1, -0.05) is 43.6 Å². The van der Waals surface area contributed by atoms with Gasteiger partial charge in [-0.05, 0) is 23.8 Å². The monoisotopic (exact) mass is 471 g/mol. The Labute approximate surface area is 177 Å². The number of rotatable bonds is 7. The molecule has 0 aliphatic rings. The van der Waals surface area contributed by atoms with Crippen molar-refractivity contribution in [1.82, 2.24) is 29.8 Å². The molecule has 30 heavy (non-hydrogen) atoms. The summed E-state index contributed by atoms with van der Waals surface area (Å²) in [6, 6.07) is 9.93. The number of hydrazine groups is 1. The first kappa shape index (κ1) is 20.6. The summed E-state index contributed by atoms with van der Waals surface area (Å²) < 4.78 is 51.9. The summed E-state index contributed by atoms with van der Waals surface area (Å²) in [4.78, 5) is 5.48. The van der Waals surface area contributed by atoms with E-state index in [0.29, 0.717) is 32.8 Å². The van der Waals surface area contributed by atoms with Gasteiger partial charge in [-0.3, -0.25) is 5.10 Å². The number of sulfonamides is 1. The number of anilines is 2. The molecule has 0 atom stereocenters. The highest BCUT2D eigenvalue weighted by Crippen LogP contribution is 2.33. The second kappa shape index (κ2) is 8.20. The van der Waals surface area contributed by atoms with Crippen molar-refractivity contribution < 1.29 is 17.4 Å². The lowest BCUT2D eigenvalue weighted by Crippen LogP contribution is -2.31. The molecule has 9 nitrogen and oxygen atoms in total. The molecule has 0 fully saturated rings. The summed E-state index contributed by atoms with van der Waals surface area (Å²) in [5.74, 6) is -0.270. The number of fused-ring (bicyclic) bond motifs is 1. The van der Waals surface area contributed by atoms with E-state index >= 15 is 0 Å². The minimum Gasteiger partial charge on any atom is -0.329 e. The van der Waals surface area contributed by atoms with Crippen LogP contribution >= 0.6 is 23.1 Å². The first-order valence-electron chi connectivity index (χ1n) is 8.24. The molecule has 0 bridgehead atoms. The van der Waals surface area contributed by atoms with Crippen molar-refractivity contribution in [3.8, 4) is 11.4 Å².